The van der Waals surface area contributed by atoms with Crippen LogP contribution in [0.3, 0.4) is 0 Å². The van der Waals surface area contributed by atoms with Gasteiger partial charge in [-0.25, -0.2) is 0 Å². The van der Waals surface area contributed by atoms with Crippen molar-refractivity contribution < 1.29 is 14.6 Å². The van der Waals surface area contributed by atoms with Gasteiger partial charge in [-0.1, -0.05) is 29.3 Å². The van der Waals surface area contributed by atoms with E-state index in [1.165, 1.54) is 0 Å². The number of hydrogen-bond donors (Lipinski definition) is 3. The summed E-state index contributed by atoms with van der Waals surface area (Å²) < 4.78 is 12.3. The fraction of sp³-hybridized carbons (Fsp3) is 0.400. The maximum Gasteiger partial charge on any atom is 0.175 e. The maximum atomic E-state index is 9.22. The van der Waals surface area contributed by atoms with Crippen LogP contribution in [0.2, 0.25) is 10.0 Å². The molecule has 0 aliphatic carbocycles. The van der Waals surface area contributed by atoms with E-state index in [9.17, 15) is 5.11 Å². The molecule has 3 N–H and O–H groups in total. The number of hydrogen-bond acceptors (Lipinski definition) is 5. The van der Waals surface area contributed by atoms with Crippen LogP contribution < -0.4 is 20.1 Å². The summed E-state index contributed by atoms with van der Waals surface area (Å²) in [5.74, 6) is 1.29. The number of ether oxygens (including phenoxy) is 2. The van der Waals surface area contributed by atoms with Gasteiger partial charge in [0.2, 0.25) is 0 Å². The predicted octanol–water partition coefficient (Wildman–Crippen LogP) is 5.25. The average molecular weight is 565 g/mol. The van der Waals surface area contributed by atoms with Gasteiger partial charge in [-0.05, 0) is 58.2 Å². The van der Waals surface area contributed by atoms with E-state index in [0.717, 1.165) is 28.7 Å². The van der Waals surface area contributed by atoms with Gasteiger partial charge in [0.25, 0.3) is 0 Å². The first kappa shape index (κ1) is 29.6. The van der Waals surface area contributed by atoms with Crippen molar-refractivity contribution in [1.29, 1.82) is 0 Å². The second-order valence-electron chi connectivity index (χ2n) is 6.38. The van der Waals surface area contributed by atoms with E-state index in [1.54, 1.807) is 26.2 Å². The minimum absolute atomic E-state index is 0. The zero-order valence-corrected chi connectivity index (χ0v) is 21.4. The molecule has 0 radical (unpaired) electrons. The summed E-state index contributed by atoms with van der Waals surface area (Å²) >= 11 is 15.6. The van der Waals surface area contributed by atoms with Gasteiger partial charge in [-0.15, -0.1) is 24.8 Å². The largest absolute Gasteiger partial charge is 0.493 e. The fourth-order valence-electron chi connectivity index (χ4n) is 2.52. The van der Waals surface area contributed by atoms with Crippen LogP contribution in [-0.2, 0) is 13.2 Å². The van der Waals surface area contributed by atoms with Crippen LogP contribution in [0.1, 0.15) is 18.1 Å². The molecule has 2 rings (SSSR count). The Hall–Kier alpha value is -0.440. The lowest BCUT2D eigenvalue weighted by Crippen LogP contribution is -2.31. The number of methoxy groups -OCH3 is 1. The van der Waals surface area contributed by atoms with Gasteiger partial charge in [-0.2, -0.15) is 0 Å². The lowest BCUT2D eigenvalue weighted by molar-refractivity contribution is 0.191. The minimum atomic E-state index is -0.336. The summed E-state index contributed by atoms with van der Waals surface area (Å²) in [4.78, 5) is 0. The number of rotatable bonds is 11. The van der Waals surface area contributed by atoms with E-state index in [2.05, 4.69) is 26.6 Å². The highest BCUT2D eigenvalue weighted by molar-refractivity contribution is 9.10. The van der Waals surface area contributed by atoms with E-state index < -0.39 is 0 Å². The number of aliphatic hydroxyl groups excluding tert-OH is 1. The molecule has 2 aromatic rings. The van der Waals surface area contributed by atoms with Crippen molar-refractivity contribution >= 4 is 63.9 Å². The zero-order valence-electron chi connectivity index (χ0n) is 16.7. The second kappa shape index (κ2) is 15.4. The van der Waals surface area contributed by atoms with Crippen molar-refractivity contribution in [2.24, 2.45) is 0 Å². The van der Waals surface area contributed by atoms with Crippen LogP contribution in [0.5, 0.6) is 11.5 Å². The van der Waals surface area contributed by atoms with Crippen molar-refractivity contribution in [3.05, 3.63) is 56.0 Å². The molecule has 5 nitrogen and oxygen atoms in total. The van der Waals surface area contributed by atoms with E-state index in [-0.39, 0.29) is 30.9 Å². The molecule has 2 aromatic carbocycles. The molecule has 30 heavy (non-hydrogen) atoms. The van der Waals surface area contributed by atoms with Gasteiger partial charge in [-0.3, -0.25) is 0 Å². The van der Waals surface area contributed by atoms with Gasteiger partial charge in [0.15, 0.2) is 11.5 Å². The molecule has 0 bridgehead atoms. The zero-order chi connectivity index (χ0) is 20.5. The lowest BCUT2D eigenvalue weighted by atomic mass is 10.2. The van der Waals surface area contributed by atoms with Gasteiger partial charge in [0, 0.05) is 26.2 Å². The third kappa shape index (κ3) is 9.79. The molecule has 0 aliphatic heterocycles. The summed E-state index contributed by atoms with van der Waals surface area (Å²) in [7, 11) is 1.62. The SMILES string of the molecule is COc1cc(CNCCNCC(C)O)cc(Br)c1OCc1ccc(Cl)c(Cl)c1.Cl.Cl. The number of nitrogens with one attached hydrogen (secondary N) is 2. The highest BCUT2D eigenvalue weighted by Crippen LogP contribution is 2.37. The van der Waals surface area contributed by atoms with Crippen molar-refractivity contribution in [2.45, 2.75) is 26.2 Å². The van der Waals surface area contributed by atoms with Gasteiger partial charge >= 0.3 is 0 Å². The summed E-state index contributed by atoms with van der Waals surface area (Å²) in [6.45, 7) is 4.97. The Balaban J connectivity index is 0.00000420. The lowest BCUT2D eigenvalue weighted by Gasteiger charge is -2.15. The van der Waals surface area contributed by atoms with Crippen LogP contribution in [0.25, 0.3) is 0 Å². The molecule has 1 unspecified atom stereocenters. The first-order valence-corrected chi connectivity index (χ1v) is 10.5. The standard InChI is InChI=1S/C20H25BrCl2N2O3.2ClH/c1-13(26)10-24-5-6-25-11-15-7-16(21)20(19(9-15)27-2)28-12-14-3-4-17(22)18(23)8-14;;/h3-4,7-9,13,24-26H,5-6,10-12H2,1-2H3;2*1H. The van der Waals surface area contributed by atoms with E-state index in [4.69, 9.17) is 32.7 Å². The number of aliphatic hydroxyl groups is 1. The van der Waals surface area contributed by atoms with Crippen molar-refractivity contribution in [2.75, 3.05) is 26.7 Å². The Labute approximate surface area is 208 Å². The molecule has 10 heteroatoms. The molecule has 0 aliphatic rings. The van der Waals surface area contributed by atoms with Crippen LogP contribution >= 0.6 is 63.9 Å². The Bertz CT molecular complexity index is 782. The quantitative estimate of drug-likeness (QED) is 0.326. The molecular formula is C20H27BrCl4N2O3. The van der Waals surface area contributed by atoms with Crippen molar-refractivity contribution in [3.8, 4) is 11.5 Å². The molecule has 170 valence electrons. The maximum absolute atomic E-state index is 9.22. The Morgan fingerprint density at radius 1 is 1.03 bits per heavy atom. The van der Waals surface area contributed by atoms with E-state index in [0.29, 0.717) is 41.2 Å². The van der Waals surface area contributed by atoms with Crippen molar-refractivity contribution in [1.82, 2.24) is 10.6 Å². The summed E-state index contributed by atoms with van der Waals surface area (Å²) in [5.41, 5.74) is 1.99. The van der Waals surface area contributed by atoms with Crippen LogP contribution in [-0.4, -0.2) is 38.0 Å². The monoisotopic (exact) mass is 562 g/mol. The molecule has 0 saturated carbocycles. The Morgan fingerprint density at radius 2 is 1.73 bits per heavy atom. The van der Waals surface area contributed by atoms with Crippen molar-refractivity contribution in [3.63, 3.8) is 0 Å². The molecule has 0 spiro atoms. The summed E-state index contributed by atoms with van der Waals surface area (Å²) in [6.07, 6.45) is -0.336. The number of benzene rings is 2. The molecule has 0 amide bonds. The molecule has 0 heterocycles. The minimum Gasteiger partial charge on any atom is -0.493 e. The third-order valence-corrected chi connectivity index (χ3v) is 5.23. The highest BCUT2D eigenvalue weighted by atomic mass is 79.9. The third-order valence-electron chi connectivity index (χ3n) is 3.90. The van der Waals surface area contributed by atoms with E-state index in [1.807, 2.05) is 18.2 Å². The molecule has 0 fully saturated rings. The second-order valence-corrected chi connectivity index (χ2v) is 8.04. The van der Waals surface area contributed by atoms with Crippen LogP contribution in [0.15, 0.2) is 34.8 Å². The van der Waals surface area contributed by atoms with Gasteiger partial charge in [0.1, 0.15) is 6.61 Å². The fourth-order valence-corrected chi connectivity index (χ4v) is 3.45. The summed E-state index contributed by atoms with van der Waals surface area (Å²) in [5, 5.41) is 16.8. The smallest absolute Gasteiger partial charge is 0.175 e. The Kier molecular flexibility index (Phi) is 15.2. The number of halogens is 5. The molecule has 1 atom stereocenters. The normalized spacial score (nSPS) is 11.3. The van der Waals surface area contributed by atoms with Gasteiger partial charge in [0.05, 0.1) is 27.7 Å². The topological polar surface area (TPSA) is 62.8 Å². The molecule has 0 saturated heterocycles. The average Bonchev–Trinajstić information content (AvgIpc) is 2.65. The highest BCUT2D eigenvalue weighted by Gasteiger charge is 2.12. The predicted molar refractivity (Wildman–Crippen MR) is 132 cm³/mol. The molecule has 0 aromatic heterocycles. The molecular weight excluding hydrogens is 538 g/mol. The van der Waals surface area contributed by atoms with Crippen LogP contribution in [0.4, 0.5) is 0 Å². The first-order chi connectivity index (χ1) is 13.4. The van der Waals surface area contributed by atoms with Crippen LogP contribution in [0, 0.1) is 0 Å². The summed E-state index contributed by atoms with van der Waals surface area (Å²) in [6, 6.07) is 9.36. The van der Waals surface area contributed by atoms with Gasteiger partial charge < -0.3 is 25.2 Å². The van der Waals surface area contributed by atoms with E-state index >= 15 is 0 Å². The Morgan fingerprint density at radius 3 is 2.37 bits per heavy atom. The first-order valence-electron chi connectivity index (χ1n) is 8.93.